The van der Waals surface area contributed by atoms with E-state index in [1.807, 2.05) is 0 Å². The average Bonchev–Trinajstić information content (AvgIpc) is 3.02. The minimum atomic E-state index is -0.736. The van der Waals surface area contributed by atoms with E-state index in [1.54, 1.807) is 31.3 Å². The zero-order valence-corrected chi connectivity index (χ0v) is 17.5. The van der Waals surface area contributed by atoms with Crippen LogP contribution in [0.15, 0.2) is 46.3 Å². The van der Waals surface area contributed by atoms with Crippen molar-refractivity contribution in [3.63, 3.8) is 0 Å². The number of aliphatic imine (C=N–C) groups is 1. The molecule has 2 aromatic rings. The van der Waals surface area contributed by atoms with Crippen LogP contribution < -0.4 is 4.74 Å². The van der Waals surface area contributed by atoms with E-state index in [1.165, 1.54) is 31.3 Å². The summed E-state index contributed by atoms with van der Waals surface area (Å²) in [5.74, 6) is -1.48. The number of hydrogen-bond acceptors (Lipinski definition) is 9. The monoisotopic (exact) mass is 443 g/mol. The van der Waals surface area contributed by atoms with E-state index < -0.39 is 22.3 Å². The average molecular weight is 443 g/mol. The lowest BCUT2D eigenvalue weighted by Crippen LogP contribution is -2.23. The van der Waals surface area contributed by atoms with Crippen molar-refractivity contribution < 1.29 is 29.1 Å². The van der Waals surface area contributed by atoms with E-state index in [9.17, 15) is 24.8 Å². The zero-order chi connectivity index (χ0) is 22.7. The van der Waals surface area contributed by atoms with Crippen LogP contribution in [0.25, 0.3) is 6.08 Å². The number of thioether (sulfide) groups is 1. The van der Waals surface area contributed by atoms with Crippen molar-refractivity contribution in [1.29, 1.82) is 0 Å². The van der Waals surface area contributed by atoms with Crippen molar-refractivity contribution in [2.75, 3.05) is 21.3 Å². The molecule has 10 nitrogen and oxygen atoms in total. The van der Waals surface area contributed by atoms with Gasteiger partial charge in [0.15, 0.2) is 10.9 Å². The molecule has 31 heavy (non-hydrogen) atoms. The molecular weight excluding hydrogens is 426 g/mol. The summed E-state index contributed by atoms with van der Waals surface area (Å²) in [6.07, 6.45) is 1.46. The normalized spacial score (nSPS) is 16.1. The van der Waals surface area contributed by atoms with E-state index >= 15 is 0 Å². The fourth-order valence-corrected chi connectivity index (χ4v) is 3.68. The van der Waals surface area contributed by atoms with Gasteiger partial charge in [-0.2, -0.15) is 0 Å². The first-order chi connectivity index (χ1) is 14.7. The van der Waals surface area contributed by atoms with Gasteiger partial charge in [-0.15, -0.1) is 0 Å². The van der Waals surface area contributed by atoms with Gasteiger partial charge in [0.1, 0.15) is 0 Å². The van der Waals surface area contributed by atoms with Crippen LogP contribution in [-0.2, 0) is 9.53 Å². The number of esters is 1. The highest BCUT2D eigenvalue weighted by atomic mass is 32.2. The number of likely N-dealkylation sites (N-methyl/N-ethyl adjacent to an activating group) is 1. The fourth-order valence-electron chi connectivity index (χ4n) is 2.70. The second-order valence-corrected chi connectivity index (χ2v) is 7.26. The Morgan fingerprint density at radius 1 is 1.26 bits per heavy atom. The summed E-state index contributed by atoms with van der Waals surface area (Å²) in [4.78, 5) is 40.6. The molecule has 0 aromatic heterocycles. The lowest BCUT2D eigenvalue weighted by Gasteiger charge is -2.07. The highest BCUT2D eigenvalue weighted by Crippen LogP contribution is 2.39. The van der Waals surface area contributed by atoms with E-state index in [-0.39, 0.29) is 16.6 Å². The standard InChI is InChI=1S/C20H17N3O7S/c1-22-18(25)16(10-11-8-14(23(27)28)17(24)15(9-11)29-2)31-20(22)21-13-6-4-12(5-7-13)19(26)30-3/h4-10,24H,1-3H3/b16-10-,21-20?. The number of methoxy groups -OCH3 is 2. The van der Waals surface area contributed by atoms with Crippen LogP contribution in [0.4, 0.5) is 11.4 Å². The Hall–Kier alpha value is -3.86. The zero-order valence-electron chi connectivity index (χ0n) is 16.7. The minimum Gasteiger partial charge on any atom is -0.500 e. The number of phenols is 1. The number of carbonyl (C=O) groups excluding carboxylic acids is 2. The molecule has 2 aromatic carbocycles. The Balaban J connectivity index is 1.92. The number of nitro benzene ring substituents is 1. The number of amidine groups is 1. The molecule has 0 unspecified atom stereocenters. The number of rotatable bonds is 5. The number of amides is 1. The number of hydrogen-bond donors (Lipinski definition) is 1. The van der Waals surface area contributed by atoms with Crippen molar-refractivity contribution in [3.8, 4) is 11.5 Å². The first-order valence-electron chi connectivity index (χ1n) is 8.75. The van der Waals surface area contributed by atoms with Gasteiger partial charge >= 0.3 is 11.7 Å². The molecule has 0 bridgehead atoms. The number of ether oxygens (including phenoxy) is 2. The smallest absolute Gasteiger partial charge is 0.337 e. The number of nitrogens with zero attached hydrogens (tertiary/aromatic N) is 3. The van der Waals surface area contributed by atoms with Gasteiger partial charge in [0.25, 0.3) is 5.91 Å². The van der Waals surface area contributed by atoms with Crippen LogP contribution >= 0.6 is 11.8 Å². The molecule has 3 rings (SSSR count). The molecule has 1 aliphatic rings. The molecule has 1 N–H and O–H groups in total. The van der Waals surface area contributed by atoms with Crippen LogP contribution in [0.1, 0.15) is 15.9 Å². The summed E-state index contributed by atoms with van der Waals surface area (Å²) >= 11 is 1.09. The quantitative estimate of drug-likeness (QED) is 0.322. The summed E-state index contributed by atoms with van der Waals surface area (Å²) < 4.78 is 9.63. The third-order valence-corrected chi connectivity index (χ3v) is 5.37. The number of aromatic hydroxyl groups is 1. The van der Waals surface area contributed by atoms with E-state index in [2.05, 4.69) is 9.73 Å². The molecule has 11 heteroatoms. The maximum atomic E-state index is 12.6. The maximum Gasteiger partial charge on any atom is 0.337 e. The lowest BCUT2D eigenvalue weighted by molar-refractivity contribution is -0.386. The first kappa shape index (κ1) is 21.8. The van der Waals surface area contributed by atoms with Gasteiger partial charge in [-0.3, -0.25) is 19.8 Å². The molecule has 1 fully saturated rings. The molecule has 160 valence electrons. The number of nitro groups is 1. The molecule has 0 atom stereocenters. The SMILES string of the molecule is COC(=O)c1ccc(N=C2S/C(=C\c3cc(OC)c(O)c([N+](=O)[O-])c3)C(=O)N2C)cc1. The molecule has 0 saturated carbocycles. The Kier molecular flexibility index (Phi) is 6.25. The Labute approximate surface area is 180 Å². The van der Waals surface area contributed by atoms with Crippen LogP contribution in [0.3, 0.4) is 0 Å². The third-order valence-electron chi connectivity index (χ3n) is 4.31. The Morgan fingerprint density at radius 3 is 2.52 bits per heavy atom. The van der Waals surface area contributed by atoms with Crippen LogP contribution in [0.2, 0.25) is 0 Å². The van der Waals surface area contributed by atoms with Gasteiger partial charge in [0.2, 0.25) is 5.75 Å². The lowest BCUT2D eigenvalue weighted by atomic mass is 10.1. The highest BCUT2D eigenvalue weighted by Gasteiger charge is 2.31. The largest absolute Gasteiger partial charge is 0.500 e. The molecule has 0 spiro atoms. The number of phenolic OH excluding ortho intramolecular Hbond substituents is 1. The van der Waals surface area contributed by atoms with Crippen LogP contribution in [0.5, 0.6) is 11.5 Å². The first-order valence-corrected chi connectivity index (χ1v) is 9.57. The molecule has 0 radical (unpaired) electrons. The van der Waals surface area contributed by atoms with Crippen LogP contribution in [-0.4, -0.2) is 53.2 Å². The summed E-state index contributed by atoms with van der Waals surface area (Å²) in [5.41, 5.74) is 0.681. The van der Waals surface area contributed by atoms with Crippen molar-refractivity contribution in [2.45, 2.75) is 0 Å². The summed E-state index contributed by atoms with van der Waals surface area (Å²) in [6.45, 7) is 0. The second kappa shape index (κ2) is 8.88. The molecule has 1 heterocycles. The van der Waals surface area contributed by atoms with E-state index in [0.29, 0.717) is 22.0 Å². The van der Waals surface area contributed by atoms with Gasteiger partial charge < -0.3 is 14.6 Å². The van der Waals surface area contributed by atoms with Crippen molar-refractivity contribution >= 4 is 46.3 Å². The van der Waals surface area contributed by atoms with Gasteiger partial charge in [-0.1, -0.05) is 0 Å². The number of benzene rings is 2. The van der Waals surface area contributed by atoms with Crippen molar-refractivity contribution in [1.82, 2.24) is 4.90 Å². The van der Waals surface area contributed by atoms with Crippen molar-refractivity contribution in [2.24, 2.45) is 4.99 Å². The summed E-state index contributed by atoms with van der Waals surface area (Å²) in [5, 5.41) is 21.5. The molecule has 0 aliphatic carbocycles. The van der Waals surface area contributed by atoms with E-state index in [4.69, 9.17) is 4.74 Å². The Morgan fingerprint density at radius 2 is 1.94 bits per heavy atom. The predicted molar refractivity (Wildman–Crippen MR) is 115 cm³/mol. The maximum absolute atomic E-state index is 12.6. The van der Waals surface area contributed by atoms with Crippen LogP contribution in [0, 0.1) is 10.1 Å². The van der Waals surface area contributed by atoms with E-state index in [0.717, 1.165) is 17.8 Å². The minimum absolute atomic E-state index is 0.0792. The second-order valence-electron chi connectivity index (χ2n) is 6.26. The van der Waals surface area contributed by atoms with Crippen molar-refractivity contribution in [3.05, 3.63) is 62.5 Å². The topological polar surface area (TPSA) is 132 Å². The van der Waals surface area contributed by atoms with Gasteiger partial charge in [-0.05, 0) is 53.7 Å². The molecular formula is C20H17N3O7S. The fraction of sp³-hybridized carbons (Fsp3) is 0.150. The predicted octanol–water partition coefficient (Wildman–Crippen LogP) is 3.33. The highest BCUT2D eigenvalue weighted by molar-refractivity contribution is 8.18. The summed E-state index contributed by atoms with van der Waals surface area (Å²) in [6, 6.07) is 8.90. The van der Waals surface area contributed by atoms with Gasteiger partial charge in [0.05, 0.1) is 35.3 Å². The Bertz CT molecular complexity index is 1130. The summed E-state index contributed by atoms with van der Waals surface area (Å²) in [7, 11) is 4.12. The molecule has 1 amide bonds. The molecule has 1 aliphatic heterocycles. The molecule has 1 saturated heterocycles. The van der Waals surface area contributed by atoms with Gasteiger partial charge in [0, 0.05) is 13.1 Å². The number of carbonyl (C=O) groups is 2. The third kappa shape index (κ3) is 4.51. The van der Waals surface area contributed by atoms with Gasteiger partial charge in [-0.25, -0.2) is 9.79 Å².